The Kier molecular flexibility index (Phi) is 11.1. The Hall–Kier alpha value is -2.04. The molecule has 0 N–H and O–H groups in total. The Bertz CT molecular complexity index is 878. The van der Waals surface area contributed by atoms with Gasteiger partial charge in [0.25, 0.3) is 0 Å². The summed E-state index contributed by atoms with van der Waals surface area (Å²) in [5, 5.41) is -0.644. The quantitative estimate of drug-likeness (QED) is 0.136. The van der Waals surface area contributed by atoms with E-state index in [0.717, 1.165) is 6.42 Å². The molecule has 0 aliphatic heterocycles. The molecule has 2 aromatic rings. The van der Waals surface area contributed by atoms with Gasteiger partial charge in [-0.15, -0.1) is 11.6 Å². The molecule has 1 unspecified atom stereocenters. The highest BCUT2D eigenvalue weighted by Crippen LogP contribution is 2.27. The normalized spacial score (nSPS) is 11.9. The SMILES string of the molecule is CCCCCCCCc1ccc(OC(=O)c2ccc(OC(=O)C(Cl)C(C)C)c(Cl)c2)cc1. The van der Waals surface area contributed by atoms with Crippen LogP contribution in [0.5, 0.6) is 11.5 Å². The van der Waals surface area contributed by atoms with Crippen LogP contribution in [0, 0.1) is 5.92 Å². The summed E-state index contributed by atoms with van der Waals surface area (Å²) >= 11 is 12.2. The highest BCUT2D eigenvalue weighted by atomic mass is 35.5. The molecule has 0 radical (unpaired) electrons. The molecule has 0 bridgehead atoms. The number of ether oxygens (including phenoxy) is 2. The van der Waals surface area contributed by atoms with Crippen molar-refractivity contribution in [1.82, 2.24) is 0 Å². The van der Waals surface area contributed by atoms with Gasteiger partial charge >= 0.3 is 11.9 Å². The zero-order chi connectivity index (χ0) is 23.5. The van der Waals surface area contributed by atoms with Gasteiger partial charge in [-0.1, -0.05) is 76.6 Å². The van der Waals surface area contributed by atoms with Crippen LogP contribution < -0.4 is 9.47 Å². The van der Waals surface area contributed by atoms with Crippen molar-refractivity contribution < 1.29 is 19.1 Å². The van der Waals surface area contributed by atoms with Crippen LogP contribution in [-0.2, 0) is 11.2 Å². The van der Waals surface area contributed by atoms with Gasteiger partial charge in [0.05, 0.1) is 10.6 Å². The highest BCUT2D eigenvalue weighted by molar-refractivity contribution is 6.33. The van der Waals surface area contributed by atoms with E-state index in [-0.39, 0.29) is 22.3 Å². The number of rotatable bonds is 12. The molecule has 0 spiro atoms. The fourth-order valence-corrected chi connectivity index (χ4v) is 3.41. The molecule has 0 fully saturated rings. The van der Waals surface area contributed by atoms with Crippen LogP contribution in [0.4, 0.5) is 0 Å². The maximum Gasteiger partial charge on any atom is 0.343 e. The fourth-order valence-electron chi connectivity index (χ4n) is 3.15. The molecule has 1 atom stereocenters. The van der Waals surface area contributed by atoms with Crippen molar-refractivity contribution in [3.05, 3.63) is 58.6 Å². The van der Waals surface area contributed by atoms with Gasteiger partial charge in [-0.2, -0.15) is 0 Å². The van der Waals surface area contributed by atoms with Crippen molar-refractivity contribution in [3.63, 3.8) is 0 Å². The predicted octanol–water partition coefficient (Wildman–Crippen LogP) is 7.63. The standard InChI is InChI=1S/C26H32Cl2O4/c1-4-5-6-7-8-9-10-19-11-14-21(15-12-19)31-25(29)20-13-16-23(22(27)17-20)32-26(30)24(28)18(2)3/h11-18,24H,4-10H2,1-3H3. The van der Waals surface area contributed by atoms with Gasteiger partial charge in [0.2, 0.25) is 0 Å². The number of hydrogen-bond acceptors (Lipinski definition) is 4. The molecule has 0 saturated carbocycles. The zero-order valence-electron chi connectivity index (χ0n) is 19.0. The molecule has 0 aliphatic rings. The minimum absolute atomic E-state index is 0.0747. The van der Waals surface area contributed by atoms with E-state index in [1.807, 2.05) is 26.0 Å². The topological polar surface area (TPSA) is 52.6 Å². The average molecular weight is 479 g/mol. The first-order valence-electron chi connectivity index (χ1n) is 11.3. The molecule has 0 aromatic heterocycles. The third-order valence-electron chi connectivity index (χ3n) is 5.14. The average Bonchev–Trinajstić information content (AvgIpc) is 2.77. The summed E-state index contributed by atoms with van der Waals surface area (Å²) in [7, 11) is 0. The van der Waals surface area contributed by atoms with Crippen LogP contribution in [0.1, 0.15) is 75.2 Å². The summed E-state index contributed by atoms with van der Waals surface area (Å²) in [6.07, 6.45) is 8.60. The molecule has 2 rings (SSSR count). The van der Waals surface area contributed by atoms with Crippen molar-refractivity contribution in [2.75, 3.05) is 0 Å². The van der Waals surface area contributed by atoms with Crippen LogP contribution in [0.25, 0.3) is 0 Å². The van der Waals surface area contributed by atoms with E-state index in [0.29, 0.717) is 5.75 Å². The van der Waals surface area contributed by atoms with Gasteiger partial charge in [-0.3, -0.25) is 4.79 Å². The number of benzene rings is 2. The number of carbonyl (C=O) groups is 2. The number of carbonyl (C=O) groups excluding carboxylic acids is 2. The van der Waals surface area contributed by atoms with Gasteiger partial charge in [-0.05, 0) is 54.7 Å². The Morgan fingerprint density at radius 1 is 0.906 bits per heavy atom. The lowest BCUT2D eigenvalue weighted by Gasteiger charge is -2.13. The smallest absolute Gasteiger partial charge is 0.343 e. The van der Waals surface area contributed by atoms with Crippen LogP contribution in [0.3, 0.4) is 0 Å². The van der Waals surface area contributed by atoms with Gasteiger partial charge in [-0.25, -0.2) is 4.79 Å². The van der Waals surface area contributed by atoms with E-state index in [2.05, 4.69) is 6.92 Å². The first kappa shape index (κ1) is 26.2. The van der Waals surface area contributed by atoms with Crippen LogP contribution in [-0.4, -0.2) is 17.3 Å². The highest BCUT2D eigenvalue weighted by Gasteiger charge is 2.22. The van der Waals surface area contributed by atoms with Gasteiger partial charge < -0.3 is 9.47 Å². The molecular formula is C26H32Cl2O4. The maximum atomic E-state index is 12.5. The monoisotopic (exact) mass is 478 g/mol. The second-order valence-electron chi connectivity index (χ2n) is 8.26. The van der Waals surface area contributed by atoms with Crippen LogP contribution in [0.2, 0.25) is 5.02 Å². The summed E-state index contributed by atoms with van der Waals surface area (Å²) < 4.78 is 10.7. The largest absolute Gasteiger partial charge is 0.424 e. The molecule has 32 heavy (non-hydrogen) atoms. The third-order valence-corrected chi connectivity index (χ3v) is 6.12. The van der Waals surface area contributed by atoms with Gasteiger partial charge in [0.15, 0.2) is 0 Å². The molecular weight excluding hydrogens is 447 g/mol. The number of unbranched alkanes of at least 4 members (excludes halogenated alkanes) is 5. The van der Waals surface area contributed by atoms with Crippen molar-refractivity contribution in [1.29, 1.82) is 0 Å². The first-order valence-corrected chi connectivity index (χ1v) is 12.1. The van der Waals surface area contributed by atoms with E-state index in [4.69, 9.17) is 32.7 Å². The lowest BCUT2D eigenvalue weighted by atomic mass is 10.0. The van der Waals surface area contributed by atoms with E-state index in [9.17, 15) is 9.59 Å². The third kappa shape index (κ3) is 8.48. The Labute approximate surface area is 201 Å². The summed E-state index contributed by atoms with van der Waals surface area (Å²) in [5.74, 6) is -0.575. The number of halogens is 2. The van der Waals surface area contributed by atoms with Crippen molar-refractivity contribution in [3.8, 4) is 11.5 Å². The number of alkyl halides is 1. The molecule has 0 heterocycles. The molecule has 174 valence electrons. The van der Waals surface area contributed by atoms with E-state index < -0.39 is 17.3 Å². The second kappa shape index (κ2) is 13.5. The first-order chi connectivity index (χ1) is 15.3. The van der Waals surface area contributed by atoms with E-state index in [1.54, 1.807) is 12.1 Å². The minimum atomic E-state index is -0.778. The molecule has 2 aromatic carbocycles. The van der Waals surface area contributed by atoms with Gasteiger partial charge in [0.1, 0.15) is 16.9 Å². The molecule has 6 heteroatoms. The number of hydrogen-bond donors (Lipinski definition) is 0. The van der Waals surface area contributed by atoms with Crippen LogP contribution in [0.15, 0.2) is 42.5 Å². The lowest BCUT2D eigenvalue weighted by molar-refractivity contribution is -0.134. The summed E-state index contributed by atoms with van der Waals surface area (Å²) in [6, 6.07) is 12.0. The Balaban J connectivity index is 1.88. The Morgan fingerprint density at radius 3 is 2.19 bits per heavy atom. The molecule has 4 nitrogen and oxygen atoms in total. The zero-order valence-corrected chi connectivity index (χ0v) is 20.5. The lowest BCUT2D eigenvalue weighted by Crippen LogP contribution is -2.25. The molecule has 0 aliphatic carbocycles. The van der Waals surface area contributed by atoms with E-state index in [1.165, 1.54) is 62.3 Å². The maximum absolute atomic E-state index is 12.5. The van der Waals surface area contributed by atoms with Crippen LogP contribution >= 0.6 is 23.2 Å². The van der Waals surface area contributed by atoms with Crippen molar-refractivity contribution in [2.24, 2.45) is 5.92 Å². The number of esters is 2. The predicted molar refractivity (Wildman–Crippen MR) is 130 cm³/mol. The summed E-state index contributed by atoms with van der Waals surface area (Å²) in [4.78, 5) is 24.5. The Morgan fingerprint density at radius 2 is 1.56 bits per heavy atom. The second-order valence-corrected chi connectivity index (χ2v) is 9.14. The fraction of sp³-hybridized carbons (Fsp3) is 0.462. The molecule has 0 amide bonds. The van der Waals surface area contributed by atoms with Crippen molar-refractivity contribution >= 4 is 35.1 Å². The minimum Gasteiger partial charge on any atom is -0.424 e. The number of aryl methyl sites for hydroxylation is 1. The summed E-state index contributed by atoms with van der Waals surface area (Å²) in [6.45, 7) is 5.86. The van der Waals surface area contributed by atoms with Gasteiger partial charge in [0, 0.05) is 0 Å². The van der Waals surface area contributed by atoms with E-state index >= 15 is 0 Å². The van der Waals surface area contributed by atoms with Crippen molar-refractivity contribution in [2.45, 2.75) is 71.1 Å². The molecule has 0 saturated heterocycles. The summed E-state index contributed by atoms with van der Waals surface area (Å²) in [5.41, 5.74) is 1.49.